The smallest absolute Gasteiger partial charge is 0.250 e. The largest absolute Gasteiger partial charge is 0.434 e. The van der Waals surface area contributed by atoms with Gasteiger partial charge in [-0.15, -0.1) is 10.2 Å². The Labute approximate surface area is 213 Å². The molecule has 3 aromatic rings. The molecule has 0 spiro atoms. The fourth-order valence-corrected chi connectivity index (χ4v) is 4.39. The number of benzene rings is 2. The van der Waals surface area contributed by atoms with Gasteiger partial charge in [-0.3, -0.25) is 9.83 Å². The minimum absolute atomic E-state index is 0.0788. The van der Waals surface area contributed by atoms with Gasteiger partial charge >= 0.3 is 0 Å². The Bertz CT molecular complexity index is 1280. The number of hydrogen-bond donors (Lipinski definition) is 1. The highest BCUT2D eigenvalue weighted by molar-refractivity contribution is 6.43. The summed E-state index contributed by atoms with van der Waals surface area (Å²) in [7, 11) is 0. The molecule has 1 aromatic heterocycles. The predicted octanol–water partition coefficient (Wildman–Crippen LogP) is 6.27. The number of rotatable bonds is 7. The van der Waals surface area contributed by atoms with E-state index in [0.717, 1.165) is 12.8 Å². The van der Waals surface area contributed by atoms with E-state index in [1.807, 2.05) is 0 Å². The van der Waals surface area contributed by atoms with Gasteiger partial charge in [0.25, 0.3) is 0 Å². The minimum atomic E-state index is -0.902. The maximum Gasteiger partial charge on any atom is 0.250 e. The van der Waals surface area contributed by atoms with Gasteiger partial charge in [0.2, 0.25) is 5.88 Å². The van der Waals surface area contributed by atoms with E-state index in [1.54, 1.807) is 24.3 Å². The molecule has 0 bridgehead atoms. The first-order valence-corrected chi connectivity index (χ1v) is 12.4. The van der Waals surface area contributed by atoms with Crippen molar-refractivity contribution in [3.63, 3.8) is 0 Å². The van der Waals surface area contributed by atoms with Crippen molar-refractivity contribution in [1.29, 1.82) is 0 Å². The van der Waals surface area contributed by atoms with Gasteiger partial charge in [-0.2, -0.15) is 0 Å². The van der Waals surface area contributed by atoms with Gasteiger partial charge in [-0.05, 0) is 67.9 Å². The van der Waals surface area contributed by atoms with Gasteiger partial charge in [-0.1, -0.05) is 59.1 Å². The van der Waals surface area contributed by atoms with E-state index in [2.05, 4.69) is 47.7 Å². The molecule has 1 aliphatic heterocycles. The van der Waals surface area contributed by atoms with Crippen molar-refractivity contribution in [2.75, 3.05) is 6.61 Å². The molecule has 5 rings (SSSR count). The third-order valence-electron chi connectivity index (χ3n) is 6.18. The Kier molecular flexibility index (Phi) is 6.91. The topological polar surface area (TPSA) is 68.6 Å². The van der Waals surface area contributed by atoms with Crippen molar-refractivity contribution in [1.82, 2.24) is 15.7 Å². The summed E-state index contributed by atoms with van der Waals surface area (Å²) in [6, 6.07) is 13.0. The van der Waals surface area contributed by atoms with Crippen molar-refractivity contribution in [3.05, 3.63) is 81.8 Å². The monoisotopic (exact) mass is 514 g/mol. The molecule has 2 aliphatic rings. The third kappa shape index (κ3) is 5.42. The normalized spacial score (nSPS) is 17.8. The number of aromatic nitrogens is 2. The molecule has 0 unspecified atom stereocenters. The lowest BCUT2D eigenvalue weighted by Gasteiger charge is -2.23. The number of amidine groups is 1. The SMILES string of the molecule is Cc1ccc(C[C@H]2CONC(c3cc(C(Cl)Cl)nnc3Oc3cccc(C4CC4)c3F)=N2)c(C)c1. The molecule has 1 fully saturated rings. The van der Waals surface area contributed by atoms with E-state index in [-0.39, 0.29) is 29.4 Å². The minimum Gasteiger partial charge on any atom is -0.434 e. The molecular formula is C26H25Cl2FN4O2. The van der Waals surface area contributed by atoms with Crippen LogP contribution < -0.4 is 10.2 Å². The van der Waals surface area contributed by atoms with Crippen LogP contribution in [0.5, 0.6) is 11.6 Å². The van der Waals surface area contributed by atoms with Crippen molar-refractivity contribution in [3.8, 4) is 11.6 Å². The summed E-state index contributed by atoms with van der Waals surface area (Å²) in [4.78, 5) is 9.59. The van der Waals surface area contributed by atoms with Crippen LogP contribution >= 0.6 is 23.2 Å². The number of aryl methyl sites for hydroxylation is 2. The first-order chi connectivity index (χ1) is 16.9. The highest BCUT2D eigenvalue weighted by Crippen LogP contribution is 2.43. The quantitative estimate of drug-likeness (QED) is 0.376. The van der Waals surface area contributed by atoms with E-state index >= 15 is 4.39 Å². The van der Waals surface area contributed by atoms with Crippen LogP contribution in [0.15, 0.2) is 47.5 Å². The molecule has 1 atom stereocenters. The first-order valence-electron chi connectivity index (χ1n) is 11.5. The van der Waals surface area contributed by atoms with Crippen LogP contribution in [0.25, 0.3) is 0 Å². The van der Waals surface area contributed by atoms with Crippen LogP contribution in [0.1, 0.15) is 57.1 Å². The Hall–Kier alpha value is -2.74. The summed E-state index contributed by atoms with van der Waals surface area (Å²) in [6.45, 7) is 4.55. The molecule has 1 N–H and O–H groups in total. The second kappa shape index (κ2) is 10.1. The molecule has 0 saturated heterocycles. The lowest BCUT2D eigenvalue weighted by atomic mass is 9.99. The van der Waals surface area contributed by atoms with E-state index in [4.69, 9.17) is 37.8 Å². The van der Waals surface area contributed by atoms with E-state index < -0.39 is 4.84 Å². The average Bonchev–Trinajstić information content (AvgIpc) is 3.68. The zero-order valence-corrected chi connectivity index (χ0v) is 20.9. The van der Waals surface area contributed by atoms with Crippen molar-refractivity contribution < 1.29 is 14.0 Å². The van der Waals surface area contributed by atoms with Crippen molar-refractivity contribution in [2.24, 2.45) is 4.99 Å². The number of aliphatic imine (C=N–C) groups is 1. The maximum atomic E-state index is 15.1. The molecule has 1 aliphatic carbocycles. The van der Waals surface area contributed by atoms with Gasteiger partial charge in [0, 0.05) is 0 Å². The summed E-state index contributed by atoms with van der Waals surface area (Å²) in [5.74, 6) is 0.405. The Morgan fingerprint density at radius 1 is 1.14 bits per heavy atom. The Balaban J connectivity index is 1.48. The van der Waals surface area contributed by atoms with Crippen LogP contribution in [0.3, 0.4) is 0 Å². The first kappa shape index (κ1) is 24.0. The van der Waals surface area contributed by atoms with E-state index in [9.17, 15) is 0 Å². The molecule has 2 heterocycles. The molecular weight excluding hydrogens is 490 g/mol. The van der Waals surface area contributed by atoms with Crippen LogP contribution in [-0.2, 0) is 11.3 Å². The van der Waals surface area contributed by atoms with Gasteiger partial charge < -0.3 is 4.74 Å². The highest BCUT2D eigenvalue weighted by Gasteiger charge is 2.29. The summed E-state index contributed by atoms with van der Waals surface area (Å²) < 4.78 is 21.0. The van der Waals surface area contributed by atoms with Gasteiger partial charge in [0.05, 0.1) is 23.9 Å². The molecule has 0 amide bonds. The zero-order chi connectivity index (χ0) is 24.5. The van der Waals surface area contributed by atoms with Crippen LogP contribution in [0, 0.1) is 19.7 Å². The predicted molar refractivity (Wildman–Crippen MR) is 134 cm³/mol. The third-order valence-corrected chi connectivity index (χ3v) is 6.63. The average molecular weight is 515 g/mol. The number of hydrogen-bond acceptors (Lipinski definition) is 6. The van der Waals surface area contributed by atoms with Crippen molar-refractivity contribution >= 4 is 29.0 Å². The molecule has 2 aromatic carbocycles. The molecule has 9 heteroatoms. The van der Waals surface area contributed by atoms with E-state index in [0.29, 0.717) is 35.7 Å². The van der Waals surface area contributed by atoms with Crippen molar-refractivity contribution in [2.45, 2.75) is 49.9 Å². The maximum absolute atomic E-state index is 15.1. The number of alkyl halides is 2. The summed E-state index contributed by atoms with van der Waals surface area (Å²) in [5, 5.41) is 8.20. The van der Waals surface area contributed by atoms with Crippen LogP contribution in [-0.4, -0.2) is 28.7 Å². The van der Waals surface area contributed by atoms with Gasteiger partial charge in [0.1, 0.15) is 0 Å². The highest BCUT2D eigenvalue weighted by atomic mass is 35.5. The van der Waals surface area contributed by atoms with Crippen LogP contribution in [0.4, 0.5) is 4.39 Å². The fourth-order valence-electron chi connectivity index (χ4n) is 4.18. The number of hydroxylamine groups is 1. The Morgan fingerprint density at radius 3 is 2.71 bits per heavy atom. The lowest BCUT2D eigenvalue weighted by Crippen LogP contribution is -2.37. The fraction of sp³-hybridized carbons (Fsp3) is 0.346. The zero-order valence-electron chi connectivity index (χ0n) is 19.4. The standard InChI is InChI=1S/C26H25Cl2FN4O2/c1-14-6-7-17(15(2)10-14)11-18-13-34-33-25(30-18)20-12-21(24(27)28)31-32-26(20)35-22-5-3-4-19(23(22)29)16-8-9-16/h3-7,10,12,16,18,24H,8-9,11,13H2,1-2H3,(H,30,33)/t18-/m0/s1. The number of nitrogens with one attached hydrogen (secondary N) is 1. The number of nitrogens with zero attached hydrogens (tertiary/aromatic N) is 3. The van der Waals surface area contributed by atoms with Crippen LogP contribution in [0.2, 0.25) is 0 Å². The van der Waals surface area contributed by atoms with Gasteiger partial charge in [0.15, 0.2) is 22.2 Å². The Morgan fingerprint density at radius 2 is 1.97 bits per heavy atom. The summed E-state index contributed by atoms with van der Waals surface area (Å²) in [6.07, 6.45) is 2.66. The summed E-state index contributed by atoms with van der Waals surface area (Å²) >= 11 is 12.1. The van der Waals surface area contributed by atoms with E-state index in [1.165, 1.54) is 16.7 Å². The molecule has 35 heavy (non-hydrogen) atoms. The lowest BCUT2D eigenvalue weighted by molar-refractivity contribution is 0.0623. The summed E-state index contributed by atoms with van der Waals surface area (Å²) in [5.41, 5.74) is 7.86. The second-order valence-electron chi connectivity index (χ2n) is 9.00. The number of halogens is 3. The number of ether oxygens (including phenoxy) is 1. The van der Waals surface area contributed by atoms with Gasteiger partial charge in [-0.25, -0.2) is 9.87 Å². The molecule has 182 valence electrons. The molecule has 1 saturated carbocycles. The molecule has 6 nitrogen and oxygen atoms in total. The molecule has 0 radical (unpaired) electrons. The second-order valence-corrected chi connectivity index (χ2v) is 10.1.